The Morgan fingerprint density at radius 2 is 1.77 bits per heavy atom. The third-order valence-electron chi connectivity index (χ3n) is 7.09. The van der Waals surface area contributed by atoms with E-state index in [0.717, 1.165) is 23.0 Å². The first-order chi connectivity index (χ1) is 24.2. The number of phosphoric ester groups is 3. The predicted molar refractivity (Wildman–Crippen MR) is 179 cm³/mol. The van der Waals surface area contributed by atoms with E-state index in [2.05, 4.69) is 34.4 Å². The lowest BCUT2D eigenvalue weighted by Gasteiger charge is -2.30. The molecule has 3 heterocycles. The summed E-state index contributed by atoms with van der Waals surface area (Å²) < 4.78 is 61.9. The van der Waals surface area contributed by atoms with Crippen LogP contribution in [0.1, 0.15) is 32.9 Å². The van der Waals surface area contributed by atoms with Crippen LogP contribution in [0.2, 0.25) is 0 Å². The molecule has 1 saturated heterocycles. The molecule has 0 saturated carbocycles. The van der Waals surface area contributed by atoms with Crippen molar-refractivity contribution in [1.29, 1.82) is 0 Å². The third-order valence-corrected chi connectivity index (χ3v) is 11.3. The van der Waals surface area contributed by atoms with Gasteiger partial charge in [-0.05, 0) is 12.2 Å². The number of nitrogens with zero attached hydrogens (tertiary/aromatic N) is 4. The van der Waals surface area contributed by atoms with Gasteiger partial charge in [0.1, 0.15) is 36.3 Å². The minimum atomic E-state index is -5.55. The number of amides is 2. The number of anilines is 1. The number of hydrogen-bond donors (Lipinski definition) is 10. The van der Waals surface area contributed by atoms with Gasteiger partial charge in [0.15, 0.2) is 17.7 Å². The largest absolute Gasteiger partial charge is 0.481 e. The molecule has 7 atom stereocenters. The highest BCUT2D eigenvalue weighted by atomic mass is 32.2. The van der Waals surface area contributed by atoms with Gasteiger partial charge in [-0.15, -0.1) is 0 Å². The van der Waals surface area contributed by atoms with E-state index < -0.39 is 78.6 Å². The molecule has 3 rings (SSSR count). The van der Waals surface area contributed by atoms with Crippen LogP contribution in [0.3, 0.4) is 0 Å². The molecule has 1 fully saturated rings. The van der Waals surface area contributed by atoms with Gasteiger partial charge in [-0.2, -0.15) is 16.1 Å². The first-order valence-corrected chi connectivity index (χ1v) is 20.9. The van der Waals surface area contributed by atoms with Crippen molar-refractivity contribution in [1.82, 2.24) is 30.2 Å². The highest BCUT2D eigenvalue weighted by Gasteiger charge is 2.50. The van der Waals surface area contributed by atoms with E-state index >= 15 is 0 Å². The Hall–Kier alpha value is -2.15. The molecule has 2 amide bonds. The number of aromatic nitrogens is 4. The van der Waals surface area contributed by atoms with Crippen LogP contribution in [0, 0.1) is 5.41 Å². The summed E-state index contributed by atoms with van der Waals surface area (Å²) in [4.78, 5) is 75.2. The molecule has 0 spiro atoms. The van der Waals surface area contributed by atoms with Crippen LogP contribution in [0.15, 0.2) is 12.7 Å². The summed E-state index contributed by atoms with van der Waals surface area (Å²) in [6.45, 7) is 0.848. The van der Waals surface area contributed by atoms with Gasteiger partial charge >= 0.3 is 23.5 Å². The molecule has 2 aromatic rings. The summed E-state index contributed by atoms with van der Waals surface area (Å²) in [5.41, 5.74) is 4.29. The van der Waals surface area contributed by atoms with Crippen LogP contribution >= 0.6 is 35.2 Å². The van der Waals surface area contributed by atoms with Gasteiger partial charge in [-0.25, -0.2) is 28.6 Å². The van der Waals surface area contributed by atoms with Gasteiger partial charge in [-0.1, -0.05) is 13.8 Å². The van der Waals surface area contributed by atoms with Crippen molar-refractivity contribution in [2.24, 2.45) is 5.41 Å². The van der Waals surface area contributed by atoms with E-state index in [-0.39, 0.29) is 42.5 Å². The monoisotopic (exact) mass is 825 g/mol. The van der Waals surface area contributed by atoms with Crippen molar-refractivity contribution in [3.05, 3.63) is 12.7 Å². The zero-order valence-electron chi connectivity index (χ0n) is 27.7. The lowest BCUT2D eigenvalue weighted by molar-refractivity contribution is -0.137. The lowest BCUT2D eigenvalue weighted by Crippen LogP contribution is -2.46. The van der Waals surface area contributed by atoms with E-state index in [9.17, 15) is 53.1 Å². The Morgan fingerprint density at radius 1 is 1.08 bits per heavy atom. The first-order valence-electron chi connectivity index (χ1n) is 15.2. The summed E-state index contributed by atoms with van der Waals surface area (Å²) in [5, 5.41) is 35.1. The molecule has 296 valence electrons. The Kier molecular flexibility index (Phi) is 16.1. The fraction of sp³-hybridized carbons (Fsp3) is 0.708. The van der Waals surface area contributed by atoms with Crippen molar-refractivity contribution in [3.63, 3.8) is 0 Å². The van der Waals surface area contributed by atoms with Gasteiger partial charge in [0.2, 0.25) is 11.8 Å². The number of nitrogens with two attached hydrogens (primary N) is 1. The molecule has 0 aliphatic carbocycles. The molecular formula is C24H42N7O17P3S. The fourth-order valence-electron chi connectivity index (χ4n) is 4.47. The fourth-order valence-corrected chi connectivity index (χ4v) is 8.08. The van der Waals surface area contributed by atoms with Gasteiger partial charge in [0.05, 0.1) is 19.5 Å². The van der Waals surface area contributed by atoms with Crippen LogP contribution in [0.4, 0.5) is 5.82 Å². The molecule has 0 radical (unpaired) electrons. The van der Waals surface area contributed by atoms with E-state index in [1.54, 1.807) is 11.8 Å². The summed E-state index contributed by atoms with van der Waals surface area (Å²) in [5.74, 6) is 0.0283. The zero-order chi connectivity index (χ0) is 38.9. The standard InChI is InChI=1S/C24H42N7O17P3S/c1-24(2,19(35)22(36)27-5-4-15(33)26-6-9-52-8-3-7-32)11-45-51(42,43)48-50(40,41)44-10-14-18(47-49(37,38)39)17(34)23(46-14)31-13-30-16-20(25)28-12-29-21(16)31/h12-14,17-19,23,32,34-35H,3-11H2,1-2H3,(H,26,33)(H,27,36)(H,40,41)(H,42,43)(H2,25,28,29)(H2,37,38,39)/t14-,17-,18-,19?,23-/m1/s1. The number of aliphatic hydroxyl groups is 3. The quantitative estimate of drug-likeness (QED) is 0.0478. The second kappa shape index (κ2) is 18.9. The van der Waals surface area contributed by atoms with Gasteiger partial charge in [-0.3, -0.25) is 27.7 Å². The van der Waals surface area contributed by atoms with E-state index in [1.165, 1.54) is 13.8 Å². The number of hydrogen-bond acceptors (Lipinski definition) is 18. The molecule has 1 aliphatic rings. The van der Waals surface area contributed by atoms with Crippen molar-refractivity contribution < 1.29 is 80.8 Å². The van der Waals surface area contributed by atoms with E-state index in [4.69, 9.17) is 24.6 Å². The number of phosphoric acid groups is 3. The zero-order valence-corrected chi connectivity index (χ0v) is 31.2. The highest BCUT2D eigenvalue weighted by Crippen LogP contribution is 2.61. The molecule has 28 heteroatoms. The Balaban J connectivity index is 1.53. The number of ether oxygens (including phenoxy) is 1. The summed E-state index contributed by atoms with van der Waals surface area (Å²) >= 11 is 1.55. The summed E-state index contributed by atoms with van der Waals surface area (Å²) in [7, 11) is -16.3. The number of carbonyl (C=O) groups excluding carboxylic acids is 2. The molecule has 2 aromatic heterocycles. The number of aliphatic hydroxyl groups excluding tert-OH is 3. The topological polar surface area (TPSA) is 367 Å². The lowest BCUT2D eigenvalue weighted by atomic mass is 9.87. The maximum absolute atomic E-state index is 12.6. The average molecular weight is 826 g/mol. The molecule has 24 nitrogen and oxygen atoms in total. The number of fused-ring (bicyclic) bond motifs is 1. The van der Waals surface area contributed by atoms with Crippen LogP contribution in [0.5, 0.6) is 0 Å². The maximum atomic E-state index is 12.6. The highest BCUT2D eigenvalue weighted by molar-refractivity contribution is 7.99. The van der Waals surface area contributed by atoms with Crippen molar-refractivity contribution in [2.75, 3.05) is 50.1 Å². The van der Waals surface area contributed by atoms with Gasteiger partial charge in [0, 0.05) is 37.3 Å². The Bertz CT molecular complexity index is 1670. The number of imidazole rings is 1. The Morgan fingerprint density at radius 3 is 2.44 bits per heavy atom. The normalized spacial score (nSPS) is 22.5. The molecule has 1 aliphatic heterocycles. The van der Waals surface area contributed by atoms with E-state index in [0.29, 0.717) is 18.7 Å². The van der Waals surface area contributed by atoms with Crippen LogP contribution in [-0.2, 0) is 45.9 Å². The minimum absolute atomic E-state index is 0.0349. The molecule has 3 unspecified atom stereocenters. The smallest absolute Gasteiger partial charge is 0.396 e. The van der Waals surface area contributed by atoms with Crippen LogP contribution in [-0.4, -0.2) is 135 Å². The summed E-state index contributed by atoms with van der Waals surface area (Å²) in [6, 6.07) is 0. The maximum Gasteiger partial charge on any atom is 0.481 e. The molecular weight excluding hydrogens is 783 g/mol. The molecule has 0 aromatic carbocycles. The summed E-state index contributed by atoms with van der Waals surface area (Å²) in [6.07, 6.45) is -6.14. The van der Waals surface area contributed by atoms with Crippen molar-refractivity contribution in [2.45, 2.75) is 57.3 Å². The van der Waals surface area contributed by atoms with Gasteiger partial charge < -0.3 is 56.0 Å². The number of thioether (sulfide) groups is 1. The predicted octanol–water partition coefficient (Wildman–Crippen LogP) is -1.48. The van der Waals surface area contributed by atoms with Crippen LogP contribution < -0.4 is 16.4 Å². The third kappa shape index (κ3) is 13.3. The SMILES string of the molecule is CC(C)(COP(=O)(O)OP(=O)(O)OC[C@H]1O[C@@H](n2cnc3c(N)ncnc32)[C@H](O)[C@@H]1OP(=O)(O)O)C(O)C(=O)NCCC(=O)NCCSCCCO. The van der Waals surface area contributed by atoms with Gasteiger partial charge in [0.25, 0.3) is 0 Å². The Labute approximate surface area is 300 Å². The molecule has 0 bridgehead atoms. The number of nitrogens with one attached hydrogen (secondary N) is 2. The second-order valence-corrected chi connectivity index (χ2v) is 17.2. The first kappa shape index (κ1) is 44.2. The van der Waals surface area contributed by atoms with Crippen molar-refractivity contribution in [3.8, 4) is 0 Å². The molecule has 52 heavy (non-hydrogen) atoms. The number of carbonyl (C=O) groups is 2. The minimum Gasteiger partial charge on any atom is -0.396 e. The van der Waals surface area contributed by atoms with Crippen molar-refractivity contribution >= 4 is 64.0 Å². The second-order valence-electron chi connectivity index (χ2n) is 11.8. The number of rotatable bonds is 22. The van der Waals surface area contributed by atoms with E-state index in [1.807, 2.05) is 0 Å². The average Bonchev–Trinajstić information content (AvgIpc) is 3.60. The molecule has 11 N–H and O–H groups in total. The van der Waals surface area contributed by atoms with Crippen LogP contribution in [0.25, 0.3) is 11.2 Å². The number of nitrogen functional groups attached to an aromatic ring is 1.